The molecule has 10 heteroatoms. The molecule has 1 aliphatic heterocycles. The van der Waals surface area contributed by atoms with Crippen LogP contribution in [0.15, 0.2) is 41.7 Å². The molecule has 0 aliphatic carbocycles. The van der Waals surface area contributed by atoms with Crippen LogP contribution < -0.4 is 20.3 Å². The highest BCUT2D eigenvalue weighted by molar-refractivity contribution is 14.0. The highest BCUT2D eigenvalue weighted by Crippen LogP contribution is 2.20. The van der Waals surface area contributed by atoms with Crippen LogP contribution in [-0.2, 0) is 11.3 Å². The first kappa shape index (κ1) is 27.1. The smallest absolute Gasteiger partial charge is 0.225 e. The second kappa shape index (κ2) is 14.9. The number of hydrogen-bond acceptors (Lipinski definition) is 7. The average molecular weight is 569 g/mol. The highest BCUT2D eigenvalue weighted by Gasteiger charge is 2.18. The van der Waals surface area contributed by atoms with Gasteiger partial charge in [0.1, 0.15) is 12.4 Å². The van der Waals surface area contributed by atoms with Gasteiger partial charge in [-0.05, 0) is 24.6 Å². The number of anilines is 1. The Balaban J connectivity index is 0.00000385. The molecule has 33 heavy (non-hydrogen) atoms. The van der Waals surface area contributed by atoms with E-state index in [1.165, 1.54) is 5.56 Å². The average Bonchev–Trinajstić information content (AvgIpc) is 2.83. The Morgan fingerprint density at radius 1 is 1.09 bits per heavy atom. The molecule has 0 spiro atoms. The number of guanidine groups is 1. The van der Waals surface area contributed by atoms with E-state index >= 15 is 0 Å². The summed E-state index contributed by atoms with van der Waals surface area (Å²) < 4.78 is 11.0. The third-order valence-electron chi connectivity index (χ3n) is 5.37. The molecule has 0 unspecified atom stereocenters. The Kier molecular flexibility index (Phi) is 12.2. The second-order valence-corrected chi connectivity index (χ2v) is 7.68. The standard InChI is InChI=1S/C23H35N7O2.HI/c1-19-5-6-20(21(17-19)32-16-15-31-3)18-28-22(24-2)25-9-10-29-11-13-30(14-12-29)23-26-7-4-8-27-23;/h4-8,17H,9-16,18H2,1-3H3,(H2,24,25,28);1H. The number of ether oxygens (including phenoxy) is 2. The molecule has 9 nitrogen and oxygen atoms in total. The van der Waals surface area contributed by atoms with Gasteiger partial charge in [0.2, 0.25) is 5.95 Å². The van der Waals surface area contributed by atoms with Crippen molar-refractivity contribution in [1.29, 1.82) is 0 Å². The predicted molar refractivity (Wildman–Crippen MR) is 143 cm³/mol. The van der Waals surface area contributed by atoms with E-state index in [1.807, 2.05) is 6.07 Å². The topological polar surface area (TPSA) is 87.1 Å². The number of piperazine rings is 1. The van der Waals surface area contributed by atoms with Gasteiger partial charge in [-0.1, -0.05) is 12.1 Å². The number of hydrogen-bond donors (Lipinski definition) is 2. The summed E-state index contributed by atoms with van der Waals surface area (Å²) in [6.07, 6.45) is 3.59. The van der Waals surface area contributed by atoms with Crippen LogP contribution in [0.2, 0.25) is 0 Å². The van der Waals surface area contributed by atoms with Crippen molar-refractivity contribution in [3.8, 4) is 5.75 Å². The zero-order valence-corrected chi connectivity index (χ0v) is 22.1. The normalized spacial score (nSPS) is 14.5. The van der Waals surface area contributed by atoms with Crippen molar-refractivity contribution < 1.29 is 9.47 Å². The van der Waals surface area contributed by atoms with Gasteiger partial charge < -0.3 is 25.0 Å². The second-order valence-electron chi connectivity index (χ2n) is 7.68. The van der Waals surface area contributed by atoms with Crippen molar-refractivity contribution in [2.75, 3.05) is 71.5 Å². The van der Waals surface area contributed by atoms with Gasteiger partial charge in [-0.2, -0.15) is 0 Å². The van der Waals surface area contributed by atoms with Crippen LogP contribution in [0.5, 0.6) is 5.75 Å². The van der Waals surface area contributed by atoms with Crippen molar-refractivity contribution >= 4 is 35.9 Å². The molecule has 2 aromatic rings. The molecule has 1 fully saturated rings. The zero-order chi connectivity index (χ0) is 22.6. The summed E-state index contributed by atoms with van der Waals surface area (Å²) in [5, 5.41) is 6.80. The number of aromatic nitrogens is 2. The van der Waals surface area contributed by atoms with Crippen molar-refractivity contribution in [2.45, 2.75) is 13.5 Å². The summed E-state index contributed by atoms with van der Waals surface area (Å²) in [7, 11) is 3.47. The number of nitrogens with one attached hydrogen (secondary N) is 2. The largest absolute Gasteiger partial charge is 0.491 e. The third-order valence-corrected chi connectivity index (χ3v) is 5.37. The van der Waals surface area contributed by atoms with Gasteiger partial charge in [-0.25, -0.2) is 9.97 Å². The van der Waals surface area contributed by atoms with Gasteiger partial charge in [0.15, 0.2) is 5.96 Å². The van der Waals surface area contributed by atoms with Crippen LogP contribution >= 0.6 is 24.0 Å². The number of halogens is 1. The molecule has 182 valence electrons. The van der Waals surface area contributed by atoms with Crippen molar-refractivity contribution in [3.05, 3.63) is 47.8 Å². The first-order chi connectivity index (χ1) is 15.7. The quantitative estimate of drug-likeness (QED) is 0.194. The van der Waals surface area contributed by atoms with Gasteiger partial charge in [-0.15, -0.1) is 24.0 Å². The molecular weight excluding hydrogens is 533 g/mol. The zero-order valence-electron chi connectivity index (χ0n) is 19.8. The van der Waals surface area contributed by atoms with Gasteiger partial charge in [0.25, 0.3) is 0 Å². The summed E-state index contributed by atoms with van der Waals surface area (Å²) in [5.41, 5.74) is 2.26. The minimum atomic E-state index is 0. The minimum absolute atomic E-state index is 0. The lowest BCUT2D eigenvalue weighted by Crippen LogP contribution is -2.49. The number of nitrogens with zero attached hydrogens (tertiary/aromatic N) is 5. The van der Waals surface area contributed by atoms with Gasteiger partial charge in [0, 0.05) is 77.9 Å². The number of methoxy groups -OCH3 is 1. The van der Waals surface area contributed by atoms with Gasteiger partial charge >= 0.3 is 0 Å². The number of aryl methyl sites for hydroxylation is 1. The van der Waals surface area contributed by atoms with E-state index in [0.29, 0.717) is 19.8 Å². The van der Waals surface area contributed by atoms with Gasteiger partial charge in [0.05, 0.1) is 6.61 Å². The maximum atomic E-state index is 5.88. The molecule has 0 radical (unpaired) electrons. The SMILES string of the molecule is CN=C(NCCN1CCN(c2ncccn2)CC1)NCc1ccc(C)cc1OCCOC.I. The van der Waals surface area contributed by atoms with Crippen LogP contribution in [0.3, 0.4) is 0 Å². The third kappa shape index (κ3) is 8.94. The van der Waals surface area contributed by atoms with E-state index < -0.39 is 0 Å². The van der Waals surface area contributed by atoms with E-state index in [1.54, 1.807) is 26.6 Å². The molecular formula is C23H36IN7O2. The Morgan fingerprint density at radius 2 is 1.85 bits per heavy atom. The van der Waals surface area contributed by atoms with Crippen molar-refractivity contribution in [3.63, 3.8) is 0 Å². The van der Waals surface area contributed by atoms with Gasteiger partial charge in [-0.3, -0.25) is 9.89 Å². The molecule has 2 N–H and O–H groups in total. The lowest BCUT2D eigenvalue weighted by Gasteiger charge is -2.34. The molecule has 2 heterocycles. The number of aliphatic imine (C=N–C) groups is 1. The first-order valence-corrected chi connectivity index (χ1v) is 11.1. The molecule has 1 aromatic heterocycles. The number of benzene rings is 1. The van der Waals surface area contributed by atoms with Crippen molar-refractivity contribution in [1.82, 2.24) is 25.5 Å². The molecule has 0 saturated carbocycles. The summed E-state index contributed by atoms with van der Waals surface area (Å²) in [5.74, 6) is 2.48. The first-order valence-electron chi connectivity index (χ1n) is 11.1. The lowest BCUT2D eigenvalue weighted by atomic mass is 10.1. The Hall–Kier alpha value is -2.18. The van der Waals surface area contributed by atoms with Crippen LogP contribution in [-0.4, -0.2) is 87.5 Å². The molecule has 1 aliphatic rings. The fourth-order valence-corrected chi connectivity index (χ4v) is 3.54. The fraction of sp³-hybridized carbons (Fsp3) is 0.522. The van der Waals surface area contributed by atoms with Crippen molar-refractivity contribution in [2.24, 2.45) is 4.99 Å². The van der Waals surface area contributed by atoms with E-state index in [0.717, 1.165) is 62.5 Å². The molecule has 1 saturated heterocycles. The monoisotopic (exact) mass is 569 g/mol. The van der Waals surface area contributed by atoms with Crippen LogP contribution in [0, 0.1) is 6.92 Å². The molecule has 3 rings (SSSR count). The molecule has 0 amide bonds. The van der Waals surface area contributed by atoms with E-state index in [-0.39, 0.29) is 24.0 Å². The van der Waals surface area contributed by atoms with Crippen LogP contribution in [0.25, 0.3) is 0 Å². The summed E-state index contributed by atoms with van der Waals surface area (Å²) in [6.45, 7) is 9.46. The Labute approximate surface area is 214 Å². The number of rotatable bonds is 10. The van der Waals surface area contributed by atoms with E-state index in [2.05, 4.69) is 60.5 Å². The summed E-state index contributed by atoms with van der Waals surface area (Å²) in [4.78, 5) is 17.7. The highest BCUT2D eigenvalue weighted by atomic mass is 127. The summed E-state index contributed by atoms with van der Waals surface area (Å²) >= 11 is 0. The predicted octanol–water partition coefficient (Wildman–Crippen LogP) is 1.92. The fourth-order valence-electron chi connectivity index (χ4n) is 3.54. The van der Waals surface area contributed by atoms with E-state index in [4.69, 9.17) is 9.47 Å². The lowest BCUT2D eigenvalue weighted by molar-refractivity contribution is 0.145. The Morgan fingerprint density at radius 3 is 2.55 bits per heavy atom. The van der Waals surface area contributed by atoms with Crippen LogP contribution in [0.4, 0.5) is 5.95 Å². The molecule has 0 atom stereocenters. The summed E-state index contributed by atoms with van der Waals surface area (Å²) in [6, 6.07) is 8.09. The maximum Gasteiger partial charge on any atom is 0.225 e. The molecule has 1 aromatic carbocycles. The molecule has 0 bridgehead atoms. The minimum Gasteiger partial charge on any atom is -0.491 e. The Bertz CT molecular complexity index is 846. The van der Waals surface area contributed by atoms with Crippen LogP contribution in [0.1, 0.15) is 11.1 Å². The maximum absolute atomic E-state index is 5.88. The van der Waals surface area contributed by atoms with E-state index in [9.17, 15) is 0 Å².